The lowest BCUT2D eigenvalue weighted by Crippen LogP contribution is -2.32. The van der Waals surface area contributed by atoms with Gasteiger partial charge in [-0.15, -0.1) is 0 Å². The summed E-state index contributed by atoms with van der Waals surface area (Å²) in [5.74, 6) is 0. The minimum atomic E-state index is -0.494. The second-order valence-electron chi connectivity index (χ2n) is 8.04. The van der Waals surface area contributed by atoms with Crippen molar-refractivity contribution < 1.29 is 9.53 Å². The van der Waals surface area contributed by atoms with Gasteiger partial charge in [0.05, 0.1) is 17.0 Å². The van der Waals surface area contributed by atoms with E-state index in [9.17, 15) is 4.79 Å². The van der Waals surface area contributed by atoms with Crippen LogP contribution in [0.3, 0.4) is 0 Å². The predicted octanol–water partition coefficient (Wildman–Crippen LogP) is 5.33. The number of hydrogen-bond acceptors (Lipinski definition) is 5. The fraction of sp³-hybridized carbons (Fsp3) is 0.304. The highest BCUT2D eigenvalue weighted by molar-refractivity contribution is 6.49. The van der Waals surface area contributed by atoms with Crippen LogP contribution in [0.4, 0.5) is 4.79 Å². The summed E-state index contributed by atoms with van der Waals surface area (Å²) in [6.07, 6.45) is 8.27. The molecule has 4 rings (SSSR count). The van der Waals surface area contributed by atoms with Crippen LogP contribution in [0.1, 0.15) is 54.4 Å². The Morgan fingerprint density at radius 1 is 1.10 bits per heavy atom. The van der Waals surface area contributed by atoms with Gasteiger partial charge in [-0.25, -0.2) is 4.79 Å². The summed E-state index contributed by atoms with van der Waals surface area (Å²) >= 11 is 12.0. The van der Waals surface area contributed by atoms with E-state index in [0.717, 1.165) is 46.0 Å². The van der Waals surface area contributed by atoms with Gasteiger partial charge in [-0.2, -0.15) is 5.26 Å². The van der Waals surface area contributed by atoms with E-state index in [0.29, 0.717) is 17.1 Å². The highest BCUT2D eigenvalue weighted by Crippen LogP contribution is 2.30. The van der Waals surface area contributed by atoms with Gasteiger partial charge in [0, 0.05) is 53.0 Å². The first-order chi connectivity index (χ1) is 14.7. The quantitative estimate of drug-likeness (QED) is 0.659. The summed E-state index contributed by atoms with van der Waals surface area (Å²) in [5.41, 5.74) is 4.75. The van der Waals surface area contributed by atoms with Crippen molar-refractivity contribution in [2.24, 2.45) is 0 Å². The van der Waals surface area contributed by atoms with Crippen molar-refractivity contribution in [2.45, 2.75) is 45.8 Å². The maximum atomic E-state index is 11.5. The number of ether oxygens (including phenoxy) is 1. The minimum Gasteiger partial charge on any atom is -0.444 e. The summed E-state index contributed by atoms with van der Waals surface area (Å²) in [6.45, 7) is 5.86. The molecule has 31 heavy (non-hydrogen) atoms. The minimum absolute atomic E-state index is 0.374. The van der Waals surface area contributed by atoms with Gasteiger partial charge in [-0.05, 0) is 38.5 Å². The van der Waals surface area contributed by atoms with E-state index < -0.39 is 11.7 Å². The number of carbonyl (C=O) groups excluding carboxylic acids is 1. The van der Waals surface area contributed by atoms with Gasteiger partial charge >= 0.3 is 6.09 Å². The standard InChI is InChI=1S/C14H17ClN2O2.C9H5ClN2/c1-14(2,3)19-13(18)17-8-9-6-10-11(15)4-5-12(10)16-7-9;10-8-1-2-9-7(8)3-6(4-11)5-12-9/h4,6-7H,5,8H2,1-3H3,(H,17,18);1,3,5H,2H2. The second-order valence-corrected chi connectivity index (χ2v) is 8.85. The number of allylic oxidation sites excluding steroid dienone is 2. The average molecular weight is 457 g/mol. The molecule has 6 nitrogen and oxygen atoms in total. The van der Waals surface area contributed by atoms with Gasteiger partial charge in [-0.3, -0.25) is 9.97 Å². The molecule has 0 atom stereocenters. The van der Waals surface area contributed by atoms with Crippen LogP contribution in [0.2, 0.25) is 0 Å². The SMILES string of the molecule is CC(C)(C)OC(=O)NCc1cnc2c(c1)C(Cl)=CC2.N#Cc1cnc2c(c1)C(Cl)=CC2. The Bertz CT molecular complexity index is 1110. The number of rotatable bonds is 2. The van der Waals surface area contributed by atoms with Crippen LogP contribution in [0.5, 0.6) is 0 Å². The van der Waals surface area contributed by atoms with Gasteiger partial charge in [0.25, 0.3) is 0 Å². The zero-order chi connectivity index (χ0) is 22.6. The molecular formula is C23H22Cl2N4O2. The maximum Gasteiger partial charge on any atom is 0.407 e. The fourth-order valence-corrected chi connectivity index (χ4v) is 3.49. The predicted molar refractivity (Wildman–Crippen MR) is 121 cm³/mol. The molecule has 160 valence electrons. The van der Waals surface area contributed by atoms with Gasteiger partial charge in [0.1, 0.15) is 11.7 Å². The maximum absolute atomic E-state index is 11.5. The topological polar surface area (TPSA) is 87.9 Å². The number of hydrogen-bond donors (Lipinski definition) is 1. The molecule has 1 N–H and O–H groups in total. The van der Waals surface area contributed by atoms with E-state index in [-0.39, 0.29) is 0 Å². The number of carbonyl (C=O) groups is 1. The highest BCUT2D eigenvalue weighted by atomic mass is 35.5. The summed E-state index contributed by atoms with van der Waals surface area (Å²) in [7, 11) is 0. The van der Waals surface area contributed by atoms with E-state index in [1.165, 1.54) is 0 Å². The molecule has 0 spiro atoms. The molecule has 2 aliphatic carbocycles. The zero-order valence-electron chi connectivity index (χ0n) is 17.5. The Morgan fingerprint density at radius 3 is 2.26 bits per heavy atom. The Morgan fingerprint density at radius 2 is 1.68 bits per heavy atom. The van der Waals surface area contributed by atoms with E-state index in [1.807, 2.05) is 45.1 Å². The van der Waals surface area contributed by atoms with Crippen molar-refractivity contribution in [1.82, 2.24) is 15.3 Å². The molecule has 0 aromatic carbocycles. The first-order valence-corrected chi connectivity index (χ1v) is 10.5. The summed E-state index contributed by atoms with van der Waals surface area (Å²) in [6, 6.07) is 5.75. The van der Waals surface area contributed by atoms with Crippen LogP contribution >= 0.6 is 23.2 Å². The van der Waals surface area contributed by atoms with Crippen molar-refractivity contribution >= 4 is 39.4 Å². The van der Waals surface area contributed by atoms with Crippen molar-refractivity contribution in [3.05, 3.63) is 70.3 Å². The fourth-order valence-electron chi connectivity index (χ4n) is 3.01. The molecule has 2 heterocycles. The molecule has 0 saturated heterocycles. The summed E-state index contributed by atoms with van der Waals surface area (Å²) < 4.78 is 5.17. The molecule has 1 amide bonds. The number of nitriles is 1. The molecule has 0 bridgehead atoms. The third kappa shape index (κ3) is 6.06. The van der Waals surface area contributed by atoms with Crippen molar-refractivity contribution in [1.29, 1.82) is 5.26 Å². The van der Waals surface area contributed by atoms with Crippen LogP contribution in [0, 0.1) is 11.3 Å². The van der Waals surface area contributed by atoms with E-state index in [4.69, 9.17) is 33.2 Å². The van der Waals surface area contributed by atoms with Crippen molar-refractivity contribution in [3.63, 3.8) is 0 Å². The number of alkyl carbamates (subject to hydrolysis) is 1. The molecule has 8 heteroatoms. The number of amides is 1. The molecule has 2 aromatic heterocycles. The van der Waals surface area contributed by atoms with Crippen LogP contribution < -0.4 is 5.32 Å². The number of nitrogens with zero attached hydrogens (tertiary/aromatic N) is 3. The lowest BCUT2D eigenvalue weighted by Gasteiger charge is -2.19. The number of aromatic nitrogens is 2. The summed E-state index contributed by atoms with van der Waals surface area (Å²) in [4.78, 5) is 20.0. The average Bonchev–Trinajstić information content (AvgIpc) is 3.28. The molecule has 0 radical (unpaired) electrons. The highest BCUT2D eigenvalue weighted by Gasteiger charge is 2.17. The van der Waals surface area contributed by atoms with E-state index in [1.54, 1.807) is 18.5 Å². The van der Waals surface area contributed by atoms with Gasteiger partial charge in [-0.1, -0.05) is 35.4 Å². The largest absolute Gasteiger partial charge is 0.444 e. The van der Waals surface area contributed by atoms with Crippen LogP contribution in [-0.4, -0.2) is 21.7 Å². The monoisotopic (exact) mass is 456 g/mol. The molecule has 0 saturated carbocycles. The number of halogens is 2. The molecule has 2 aliphatic rings. The van der Waals surface area contributed by atoms with E-state index >= 15 is 0 Å². The van der Waals surface area contributed by atoms with Crippen molar-refractivity contribution in [3.8, 4) is 6.07 Å². The number of fused-ring (bicyclic) bond motifs is 2. The second kappa shape index (κ2) is 9.51. The van der Waals surface area contributed by atoms with E-state index in [2.05, 4.69) is 15.3 Å². The summed E-state index contributed by atoms with van der Waals surface area (Å²) in [5, 5.41) is 12.7. The smallest absolute Gasteiger partial charge is 0.407 e. The Balaban J connectivity index is 0.000000194. The number of nitrogens with one attached hydrogen (secondary N) is 1. The zero-order valence-corrected chi connectivity index (χ0v) is 19.0. The number of pyridine rings is 2. The Labute approximate surface area is 191 Å². The Hall–Kier alpha value is -2.88. The third-order valence-electron chi connectivity index (χ3n) is 4.43. The normalized spacial score (nSPS) is 13.7. The lowest BCUT2D eigenvalue weighted by molar-refractivity contribution is 0.0523. The molecule has 0 aliphatic heterocycles. The Kier molecular flexibility index (Phi) is 6.99. The molecular weight excluding hydrogens is 435 g/mol. The first kappa shape index (κ1) is 22.8. The van der Waals surface area contributed by atoms with Crippen LogP contribution in [-0.2, 0) is 24.1 Å². The van der Waals surface area contributed by atoms with Crippen LogP contribution in [0.25, 0.3) is 10.1 Å². The van der Waals surface area contributed by atoms with Gasteiger partial charge in [0.2, 0.25) is 0 Å². The van der Waals surface area contributed by atoms with Crippen LogP contribution in [0.15, 0.2) is 36.7 Å². The van der Waals surface area contributed by atoms with Crippen molar-refractivity contribution in [2.75, 3.05) is 0 Å². The first-order valence-electron chi connectivity index (χ1n) is 9.72. The van der Waals surface area contributed by atoms with Gasteiger partial charge in [0.15, 0.2) is 0 Å². The lowest BCUT2D eigenvalue weighted by atomic mass is 10.1. The molecule has 0 unspecified atom stereocenters. The molecule has 0 fully saturated rings. The van der Waals surface area contributed by atoms with Gasteiger partial charge < -0.3 is 10.1 Å². The molecule has 2 aromatic rings. The third-order valence-corrected chi connectivity index (χ3v) is 5.14.